The number of nitrogen functional groups attached to an aromatic ring is 1. The van der Waals surface area contributed by atoms with Crippen molar-refractivity contribution in [2.45, 2.75) is 104 Å². The lowest BCUT2D eigenvalue weighted by Gasteiger charge is -2.10. The molecule has 0 bridgehead atoms. The number of hydrogen-bond donors (Lipinski definition) is 2. The molecule has 27 heavy (non-hydrogen) atoms. The number of unbranched alkanes of at least 4 members (excludes halogenated alkanes) is 13. The standard InChI is InChI=1S/C22H42N4O/c1-3-5-6-7-8-9-10-11-12-13-14-15-16-17-18-24-21-20(23)22(27-4-2)26-19-25-21/h19H,3-18,23H2,1-2H3,(H,24,25,26). The van der Waals surface area contributed by atoms with Gasteiger partial charge in [0.25, 0.3) is 0 Å². The number of nitrogens with zero attached hydrogens (tertiary/aromatic N) is 2. The molecular weight excluding hydrogens is 336 g/mol. The van der Waals surface area contributed by atoms with Crippen molar-refractivity contribution in [3.05, 3.63) is 6.33 Å². The van der Waals surface area contributed by atoms with Gasteiger partial charge in [-0.15, -0.1) is 0 Å². The molecule has 0 unspecified atom stereocenters. The van der Waals surface area contributed by atoms with Gasteiger partial charge in [0.2, 0.25) is 5.88 Å². The average Bonchev–Trinajstić information content (AvgIpc) is 2.67. The zero-order valence-corrected chi connectivity index (χ0v) is 17.8. The van der Waals surface area contributed by atoms with E-state index in [0.717, 1.165) is 13.0 Å². The van der Waals surface area contributed by atoms with Crippen LogP contribution in [0.1, 0.15) is 104 Å². The number of rotatable bonds is 18. The number of ether oxygens (including phenoxy) is 1. The van der Waals surface area contributed by atoms with Gasteiger partial charge in [0, 0.05) is 6.54 Å². The third-order valence-corrected chi connectivity index (χ3v) is 4.95. The fourth-order valence-corrected chi connectivity index (χ4v) is 3.30. The maximum Gasteiger partial charge on any atom is 0.242 e. The maximum absolute atomic E-state index is 6.02. The summed E-state index contributed by atoms with van der Waals surface area (Å²) in [7, 11) is 0. The van der Waals surface area contributed by atoms with Gasteiger partial charge in [-0.25, -0.2) is 4.98 Å². The van der Waals surface area contributed by atoms with Gasteiger partial charge in [-0.2, -0.15) is 4.98 Å². The molecular formula is C22H42N4O. The maximum atomic E-state index is 6.02. The molecule has 0 fully saturated rings. The molecule has 5 nitrogen and oxygen atoms in total. The summed E-state index contributed by atoms with van der Waals surface area (Å²) in [5.41, 5.74) is 6.52. The van der Waals surface area contributed by atoms with Crippen molar-refractivity contribution in [2.24, 2.45) is 0 Å². The molecule has 156 valence electrons. The lowest BCUT2D eigenvalue weighted by atomic mass is 10.0. The average molecular weight is 379 g/mol. The Morgan fingerprint density at radius 1 is 0.778 bits per heavy atom. The molecule has 1 rings (SSSR count). The molecule has 0 atom stereocenters. The largest absolute Gasteiger partial charge is 0.476 e. The molecule has 0 radical (unpaired) electrons. The molecule has 0 aliphatic heterocycles. The summed E-state index contributed by atoms with van der Waals surface area (Å²) in [6, 6.07) is 0. The summed E-state index contributed by atoms with van der Waals surface area (Å²) in [6.07, 6.45) is 20.7. The van der Waals surface area contributed by atoms with Gasteiger partial charge in [0.1, 0.15) is 12.0 Å². The second-order valence-corrected chi connectivity index (χ2v) is 7.40. The van der Waals surface area contributed by atoms with Gasteiger partial charge in [0.05, 0.1) is 6.61 Å². The van der Waals surface area contributed by atoms with E-state index in [2.05, 4.69) is 22.2 Å². The molecule has 0 aliphatic rings. The summed E-state index contributed by atoms with van der Waals surface area (Å²) in [5, 5.41) is 3.30. The van der Waals surface area contributed by atoms with Gasteiger partial charge in [-0.05, 0) is 13.3 Å². The number of nitrogens with one attached hydrogen (secondary N) is 1. The molecule has 1 heterocycles. The number of hydrogen-bond acceptors (Lipinski definition) is 5. The highest BCUT2D eigenvalue weighted by molar-refractivity contribution is 5.66. The van der Waals surface area contributed by atoms with E-state index in [-0.39, 0.29) is 0 Å². The summed E-state index contributed by atoms with van der Waals surface area (Å²) in [5.74, 6) is 1.15. The zero-order valence-electron chi connectivity index (χ0n) is 17.8. The predicted octanol–water partition coefficient (Wildman–Crippen LogP) is 6.35. The van der Waals surface area contributed by atoms with E-state index in [9.17, 15) is 0 Å². The van der Waals surface area contributed by atoms with Crippen LogP contribution < -0.4 is 15.8 Å². The third kappa shape index (κ3) is 11.7. The van der Waals surface area contributed by atoms with Crippen LogP contribution in [0.2, 0.25) is 0 Å². The summed E-state index contributed by atoms with van der Waals surface area (Å²) >= 11 is 0. The van der Waals surface area contributed by atoms with Crippen LogP contribution in [0.4, 0.5) is 11.5 Å². The quantitative estimate of drug-likeness (QED) is 0.291. The Morgan fingerprint density at radius 2 is 1.30 bits per heavy atom. The van der Waals surface area contributed by atoms with E-state index in [4.69, 9.17) is 10.5 Å². The number of nitrogens with two attached hydrogens (primary N) is 1. The van der Waals surface area contributed by atoms with Crippen molar-refractivity contribution in [1.82, 2.24) is 9.97 Å². The second kappa shape index (κ2) is 16.6. The lowest BCUT2D eigenvalue weighted by Crippen LogP contribution is -2.09. The number of aromatic nitrogens is 2. The zero-order chi connectivity index (χ0) is 19.6. The fourth-order valence-electron chi connectivity index (χ4n) is 3.30. The molecule has 0 aliphatic carbocycles. The Balaban J connectivity index is 1.90. The molecule has 5 heteroatoms. The molecule has 0 saturated carbocycles. The van der Waals surface area contributed by atoms with Crippen LogP contribution in [-0.4, -0.2) is 23.1 Å². The molecule has 0 saturated heterocycles. The van der Waals surface area contributed by atoms with E-state index < -0.39 is 0 Å². The second-order valence-electron chi connectivity index (χ2n) is 7.40. The van der Waals surface area contributed by atoms with Crippen LogP contribution in [0.5, 0.6) is 5.88 Å². The Kier molecular flexibility index (Phi) is 14.5. The Bertz CT molecular complexity index is 468. The molecule has 3 N–H and O–H groups in total. The Labute approximate surface area is 166 Å². The van der Waals surface area contributed by atoms with Crippen LogP contribution in [0.15, 0.2) is 6.33 Å². The van der Waals surface area contributed by atoms with Gasteiger partial charge >= 0.3 is 0 Å². The van der Waals surface area contributed by atoms with Crippen molar-refractivity contribution in [1.29, 1.82) is 0 Å². The first-order valence-electron chi connectivity index (χ1n) is 11.3. The topological polar surface area (TPSA) is 73.1 Å². The van der Waals surface area contributed by atoms with Gasteiger partial charge in [-0.3, -0.25) is 0 Å². The van der Waals surface area contributed by atoms with E-state index >= 15 is 0 Å². The summed E-state index contributed by atoms with van der Waals surface area (Å²) < 4.78 is 5.39. The monoisotopic (exact) mass is 378 g/mol. The van der Waals surface area contributed by atoms with Crippen LogP contribution in [0.25, 0.3) is 0 Å². The van der Waals surface area contributed by atoms with Crippen molar-refractivity contribution in [3.8, 4) is 5.88 Å². The normalized spacial score (nSPS) is 10.9. The SMILES string of the molecule is CCCCCCCCCCCCCCCCNc1ncnc(OCC)c1N. The molecule has 1 aromatic heterocycles. The first kappa shape index (κ1) is 23.5. The van der Waals surface area contributed by atoms with Crippen LogP contribution in [0, 0.1) is 0 Å². The highest BCUT2D eigenvalue weighted by Gasteiger charge is 2.07. The molecule has 0 amide bonds. The van der Waals surface area contributed by atoms with Crippen LogP contribution >= 0.6 is 0 Å². The summed E-state index contributed by atoms with van der Waals surface area (Å²) in [4.78, 5) is 8.25. The smallest absolute Gasteiger partial charge is 0.242 e. The highest BCUT2D eigenvalue weighted by Crippen LogP contribution is 2.24. The highest BCUT2D eigenvalue weighted by atomic mass is 16.5. The Morgan fingerprint density at radius 3 is 1.81 bits per heavy atom. The predicted molar refractivity (Wildman–Crippen MR) is 116 cm³/mol. The van der Waals surface area contributed by atoms with Crippen molar-refractivity contribution < 1.29 is 4.74 Å². The molecule has 1 aromatic rings. The fraction of sp³-hybridized carbons (Fsp3) is 0.818. The third-order valence-electron chi connectivity index (χ3n) is 4.95. The van der Waals surface area contributed by atoms with Gasteiger partial charge in [0.15, 0.2) is 5.82 Å². The minimum absolute atomic E-state index is 0.468. The first-order valence-corrected chi connectivity index (χ1v) is 11.3. The molecule has 0 aromatic carbocycles. The number of anilines is 2. The first-order chi connectivity index (χ1) is 13.3. The minimum Gasteiger partial charge on any atom is -0.476 e. The minimum atomic E-state index is 0.468. The van der Waals surface area contributed by atoms with E-state index in [1.54, 1.807) is 0 Å². The van der Waals surface area contributed by atoms with Crippen LogP contribution in [0.3, 0.4) is 0 Å². The van der Waals surface area contributed by atoms with Crippen molar-refractivity contribution in [2.75, 3.05) is 24.2 Å². The van der Waals surface area contributed by atoms with Crippen LogP contribution in [-0.2, 0) is 0 Å². The van der Waals surface area contributed by atoms with Crippen molar-refractivity contribution in [3.63, 3.8) is 0 Å². The van der Waals surface area contributed by atoms with E-state index in [1.165, 1.54) is 89.8 Å². The lowest BCUT2D eigenvalue weighted by molar-refractivity contribution is 0.328. The molecule has 0 spiro atoms. The van der Waals surface area contributed by atoms with E-state index in [0.29, 0.717) is 24.0 Å². The summed E-state index contributed by atoms with van der Waals surface area (Å²) in [6.45, 7) is 5.65. The van der Waals surface area contributed by atoms with Gasteiger partial charge in [-0.1, -0.05) is 90.4 Å². The van der Waals surface area contributed by atoms with E-state index in [1.807, 2.05) is 6.92 Å². The Hall–Kier alpha value is -1.52. The van der Waals surface area contributed by atoms with Gasteiger partial charge < -0.3 is 15.8 Å². The van der Waals surface area contributed by atoms with Crippen molar-refractivity contribution >= 4 is 11.5 Å².